The molecule has 0 saturated heterocycles. The van der Waals surface area contributed by atoms with Crippen LogP contribution in [0.1, 0.15) is 99.0 Å². The van der Waals surface area contributed by atoms with Crippen LogP contribution in [0.25, 0.3) is 33.4 Å². The Kier molecular flexibility index (Phi) is 25.0. The molecule has 2 aliphatic rings. The number of aryl methyl sites for hydroxylation is 4. The van der Waals surface area contributed by atoms with Crippen molar-refractivity contribution < 1.29 is 30.0 Å². The van der Waals surface area contributed by atoms with Crippen molar-refractivity contribution in [3.05, 3.63) is 181 Å². The average Bonchev–Trinajstić information content (AvgIpc) is 3.39. The fourth-order valence-electron chi connectivity index (χ4n) is 9.69. The summed E-state index contributed by atoms with van der Waals surface area (Å²) < 4.78 is 38.3. The summed E-state index contributed by atoms with van der Waals surface area (Å²) >= 11 is 15.1. The van der Waals surface area contributed by atoms with E-state index in [-0.39, 0.29) is 0 Å². The fraction of sp³-hybridized carbons (Fsp3) is 0.311. The van der Waals surface area contributed by atoms with Crippen LogP contribution in [0.3, 0.4) is 0 Å². The van der Waals surface area contributed by atoms with Gasteiger partial charge in [-0.1, -0.05) is 110 Å². The van der Waals surface area contributed by atoms with E-state index in [1.165, 1.54) is 99.4 Å². The van der Waals surface area contributed by atoms with E-state index in [1.807, 2.05) is 56.3 Å². The van der Waals surface area contributed by atoms with Crippen LogP contribution in [0.2, 0.25) is 0 Å². The van der Waals surface area contributed by atoms with Crippen molar-refractivity contribution in [1.29, 1.82) is 0 Å². The van der Waals surface area contributed by atoms with Crippen molar-refractivity contribution in [2.45, 2.75) is 118 Å². The second kappa shape index (κ2) is 31.0. The van der Waals surface area contributed by atoms with Gasteiger partial charge in [0.2, 0.25) is 0 Å². The van der Waals surface area contributed by atoms with Crippen molar-refractivity contribution in [2.75, 3.05) is 7.15 Å². The summed E-state index contributed by atoms with van der Waals surface area (Å²) in [6.07, 6.45) is 13.4. The molecule has 0 heterocycles. The summed E-state index contributed by atoms with van der Waals surface area (Å²) in [5, 5.41) is 17.9. The number of ether oxygens (including phenoxy) is 2. The van der Waals surface area contributed by atoms with Gasteiger partial charge >= 0.3 is 7.69 Å². The molecule has 12 heteroatoms. The van der Waals surface area contributed by atoms with Gasteiger partial charge in [0, 0.05) is 12.7 Å². The molecule has 73 heavy (non-hydrogen) atoms. The lowest BCUT2D eigenvalue weighted by Gasteiger charge is -2.25. The Morgan fingerprint density at radius 2 is 0.959 bits per heavy atom. The van der Waals surface area contributed by atoms with Crippen LogP contribution in [0.5, 0.6) is 23.0 Å². The predicted octanol–water partition coefficient (Wildman–Crippen LogP) is 19.7. The summed E-state index contributed by atoms with van der Waals surface area (Å²) in [6, 6.07) is 43.3. The van der Waals surface area contributed by atoms with E-state index in [4.69, 9.17) is 25.6 Å². The minimum absolute atomic E-state index is 0.293. The minimum atomic E-state index is -1.00. The van der Waals surface area contributed by atoms with Gasteiger partial charge < -0.3 is 24.3 Å². The predicted molar refractivity (Wildman–Crippen MR) is 331 cm³/mol. The summed E-state index contributed by atoms with van der Waals surface area (Å²) in [4.78, 5) is 0. The van der Waals surface area contributed by atoms with E-state index in [0.717, 1.165) is 77.0 Å². The third-order valence-corrected chi connectivity index (χ3v) is 18.7. The molecule has 0 aliphatic heterocycles. The van der Waals surface area contributed by atoms with Crippen LogP contribution in [0.4, 0.5) is 4.39 Å². The Balaban J connectivity index is 0.000000193. The molecule has 0 amide bonds. The highest BCUT2D eigenvalue weighted by Gasteiger charge is 2.21. The summed E-state index contributed by atoms with van der Waals surface area (Å²) in [6.45, 7) is 12.8. The molecule has 1 radical (unpaired) electrons. The maximum atomic E-state index is 9.96. The fourth-order valence-corrected chi connectivity index (χ4v) is 11.8. The molecule has 2 aliphatic carbocycles. The normalized spacial score (nSPS) is 13.5. The summed E-state index contributed by atoms with van der Waals surface area (Å²) in [5.74, 6) is 2.98. The molecule has 0 aromatic heterocycles. The smallest absolute Gasteiger partial charge is 0.537 e. The highest BCUT2D eigenvalue weighted by atomic mass is 127. The molecule has 385 valence electrons. The Morgan fingerprint density at radius 3 is 1.44 bits per heavy atom. The van der Waals surface area contributed by atoms with Gasteiger partial charge in [-0.15, -0.1) is 0 Å². The SMILES string of the molecule is Brc1c(I)cccc1OC1CCCCC1.Cc1cc(C)c(-c2cccc(OC3CCCCC3)c2Br)c(C)c1-c1ccccc1.Cc1cc(C)c(-c2ccccc2)c(C)c1O[B]O.Oc1cccc(I)c1Br.[2H]CF. The van der Waals surface area contributed by atoms with Crippen LogP contribution in [0.15, 0.2) is 141 Å². The van der Waals surface area contributed by atoms with E-state index >= 15 is 0 Å². The maximum absolute atomic E-state index is 9.96. The van der Waals surface area contributed by atoms with Gasteiger partial charge in [0.25, 0.3) is 0 Å². The highest BCUT2D eigenvalue weighted by molar-refractivity contribution is 14.1. The zero-order chi connectivity index (χ0) is 53.7. The van der Waals surface area contributed by atoms with Crippen LogP contribution in [0, 0.1) is 48.7 Å². The van der Waals surface area contributed by atoms with E-state index in [9.17, 15) is 4.39 Å². The van der Waals surface area contributed by atoms with E-state index in [1.54, 1.807) is 6.07 Å². The third-order valence-electron chi connectivity index (χ3n) is 12.9. The van der Waals surface area contributed by atoms with Crippen molar-refractivity contribution in [3.8, 4) is 56.4 Å². The molecular weight excluding hydrogens is 1340 g/mol. The largest absolute Gasteiger partial charge is 0.569 e. The second-order valence-electron chi connectivity index (χ2n) is 18.2. The molecule has 2 N–H and O–H groups in total. The van der Waals surface area contributed by atoms with Gasteiger partial charge in [0.15, 0.2) is 0 Å². The van der Waals surface area contributed by atoms with Crippen molar-refractivity contribution in [2.24, 2.45) is 0 Å². The molecule has 7 aromatic rings. The van der Waals surface area contributed by atoms with Crippen molar-refractivity contribution in [3.63, 3.8) is 0 Å². The Morgan fingerprint density at radius 1 is 0.534 bits per heavy atom. The minimum Gasteiger partial charge on any atom is -0.537 e. The van der Waals surface area contributed by atoms with Gasteiger partial charge in [-0.25, -0.2) is 0 Å². The van der Waals surface area contributed by atoms with Crippen LogP contribution in [-0.4, -0.2) is 37.2 Å². The first-order valence-electron chi connectivity index (χ1n) is 25.3. The number of halogens is 6. The molecule has 9 rings (SSSR count). The highest BCUT2D eigenvalue weighted by Crippen LogP contribution is 2.43. The standard InChI is InChI=1S/C27H29BrO.C15H16BO2.C12H14BrIO.C6H4BrIO.CH3F/c1-18-17-19(2)26(20(3)25(18)21-11-6-4-7-12-21)23-15-10-16-24(27(23)28)29-22-13-8-5-9-14-22;1-10-9-11(2)15(18-16-17)12(3)14(10)13-7-5-4-6-8-13;13-12-10(14)7-4-8-11(12)15-9-5-2-1-3-6-9;7-6-4(8)2-1-3-5(6)9;1-2/h4,6-7,10-12,15-17,22H,5,8-9,13-14H2,1-3H3;4-9,17H,1-3H3;4,7-9H,1-3,5-6H2;1-3,9H;1H3/i;;;;1D. The first-order valence-corrected chi connectivity index (χ1v) is 29.1. The Hall–Kier alpha value is -3.41. The zero-order valence-corrected chi connectivity index (χ0v) is 51.6. The molecule has 0 bridgehead atoms. The van der Waals surface area contributed by atoms with Gasteiger partial charge in [-0.3, -0.25) is 4.39 Å². The third kappa shape index (κ3) is 17.0. The van der Waals surface area contributed by atoms with Crippen molar-refractivity contribution >= 4 is 101 Å². The number of phenols is 1. The molecule has 2 saturated carbocycles. The molecule has 7 aromatic carbocycles. The molecule has 5 nitrogen and oxygen atoms in total. The van der Waals surface area contributed by atoms with Crippen molar-refractivity contribution in [1.82, 2.24) is 0 Å². The van der Waals surface area contributed by atoms with Gasteiger partial charge in [-0.05, 0) is 277 Å². The Bertz CT molecular complexity index is 2850. The van der Waals surface area contributed by atoms with Gasteiger partial charge in [0.05, 0.1) is 34.2 Å². The van der Waals surface area contributed by atoms with Crippen LogP contribution < -0.4 is 14.1 Å². The quantitative estimate of drug-likeness (QED) is 0.111. The molecular formula is C61H66BBr3FI2O5. The number of benzene rings is 7. The molecule has 2 fully saturated rings. The topological polar surface area (TPSA) is 68.2 Å². The number of hydrogen-bond acceptors (Lipinski definition) is 5. The lowest BCUT2D eigenvalue weighted by atomic mass is 9.86. The van der Waals surface area contributed by atoms with Crippen LogP contribution in [-0.2, 0) is 0 Å². The number of aromatic hydroxyl groups is 1. The first kappa shape index (κ1) is 58.8. The lowest BCUT2D eigenvalue weighted by molar-refractivity contribution is 0.154. The van der Waals surface area contributed by atoms with Crippen LogP contribution >= 0.6 is 93.0 Å². The number of hydrogen-bond donors (Lipinski definition) is 2. The second-order valence-corrected chi connectivity index (χ2v) is 22.9. The summed E-state index contributed by atoms with van der Waals surface area (Å²) in [5.41, 5.74) is 14.7. The van der Waals surface area contributed by atoms with E-state index in [2.05, 4.69) is 200 Å². The average molecular weight is 1400 g/mol. The van der Waals surface area contributed by atoms with E-state index in [0.29, 0.717) is 18.0 Å². The number of alkyl halides is 1. The molecule has 0 unspecified atom stereocenters. The molecule has 0 atom stereocenters. The first-order chi connectivity index (χ1) is 35.6. The van der Waals surface area contributed by atoms with Gasteiger partial charge in [0.1, 0.15) is 23.0 Å². The van der Waals surface area contributed by atoms with Gasteiger partial charge in [-0.2, -0.15) is 0 Å². The number of phenolic OH excluding ortho intramolecular Hbond substituents is 1. The summed E-state index contributed by atoms with van der Waals surface area (Å²) in [7, 11) is -0.264. The Labute approximate surface area is 488 Å². The number of rotatable bonds is 9. The lowest BCUT2D eigenvalue weighted by Crippen LogP contribution is -2.19. The maximum Gasteiger partial charge on any atom is 0.569 e. The van der Waals surface area contributed by atoms with E-state index < -0.39 is 7.15 Å². The molecule has 0 spiro atoms. The zero-order valence-electron chi connectivity index (χ0n) is 43.5. The monoisotopic (exact) mass is 1400 g/mol.